The molecule has 0 spiro atoms. The summed E-state index contributed by atoms with van der Waals surface area (Å²) in [4.78, 5) is 2.09. The standard InChI is InChI=1S/C13H21N/c1-10-7-12(13(2,3)4)8-11(10)9-14(5)6/h7-9H,1-6H3/b11-9-. The Morgan fingerprint density at radius 3 is 2.07 bits per heavy atom. The van der Waals surface area contributed by atoms with Gasteiger partial charge in [0.15, 0.2) is 0 Å². The Morgan fingerprint density at radius 2 is 1.71 bits per heavy atom. The van der Waals surface area contributed by atoms with Gasteiger partial charge in [-0.2, -0.15) is 0 Å². The van der Waals surface area contributed by atoms with Crippen molar-refractivity contribution in [2.75, 3.05) is 14.1 Å². The second-order valence-corrected chi connectivity index (χ2v) is 5.23. The van der Waals surface area contributed by atoms with Crippen LogP contribution in [0.2, 0.25) is 0 Å². The van der Waals surface area contributed by atoms with Gasteiger partial charge < -0.3 is 4.90 Å². The van der Waals surface area contributed by atoms with Gasteiger partial charge in [0, 0.05) is 20.3 Å². The minimum Gasteiger partial charge on any atom is -0.383 e. The summed E-state index contributed by atoms with van der Waals surface area (Å²) in [6.45, 7) is 8.92. The summed E-state index contributed by atoms with van der Waals surface area (Å²) < 4.78 is 0. The molecule has 1 nitrogen and oxygen atoms in total. The highest BCUT2D eigenvalue weighted by molar-refractivity contribution is 5.53. The lowest BCUT2D eigenvalue weighted by Crippen LogP contribution is -2.06. The molecular weight excluding hydrogens is 170 g/mol. The molecule has 0 aromatic heterocycles. The van der Waals surface area contributed by atoms with Crippen LogP contribution in [-0.2, 0) is 0 Å². The predicted molar refractivity (Wildman–Crippen MR) is 63.1 cm³/mol. The first-order valence-electron chi connectivity index (χ1n) is 5.10. The van der Waals surface area contributed by atoms with E-state index in [1.54, 1.807) is 0 Å². The van der Waals surface area contributed by atoms with Crippen LogP contribution in [0.3, 0.4) is 0 Å². The summed E-state index contributed by atoms with van der Waals surface area (Å²) in [6.07, 6.45) is 6.75. The summed E-state index contributed by atoms with van der Waals surface area (Å²) in [5.41, 5.74) is 4.37. The molecule has 0 saturated heterocycles. The van der Waals surface area contributed by atoms with Crippen molar-refractivity contribution in [3.05, 3.63) is 35.1 Å². The number of hydrogen-bond donors (Lipinski definition) is 0. The molecule has 1 aliphatic rings. The van der Waals surface area contributed by atoms with Crippen molar-refractivity contribution in [3.63, 3.8) is 0 Å². The first-order chi connectivity index (χ1) is 6.30. The zero-order valence-corrected chi connectivity index (χ0v) is 10.2. The lowest BCUT2D eigenvalue weighted by molar-refractivity contribution is 0.518. The molecule has 0 radical (unpaired) electrons. The molecule has 1 rings (SSSR count). The Kier molecular flexibility index (Phi) is 2.89. The molecule has 1 heteroatoms. The molecule has 78 valence electrons. The van der Waals surface area contributed by atoms with Gasteiger partial charge in [0.05, 0.1) is 0 Å². The average molecular weight is 191 g/mol. The maximum atomic E-state index is 2.29. The molecule has 0 saturated carbocycles. The van der Waals surface area contributed by atoms with Crippen LogP contribution >= 0.6 is 0 Å². The van der Waals surface area contributed by atoms with E-state index in [-0.39, 0.29) is 5.41 Å². The van der Waals surface area contributed by atoms with E-state index in [1.807, 2.05) is 0 Å². The maximum absolute atomic E-state index is 2.29. The first-order valence-corrected chi connectivity index (χ1v) is 5.10. The lowest BCUT2D eigenvalue weighted by atomic mass is 9.87. The zero-order chi connectivity index (χ0) is 10.9. The van der Waals surface area contributed by atoms with Crippen LogP contribution in [0.5, 0.6) is 0 Å². The van der Waals surface area contributed by atoms with Crippen molar-refractivity contribution in [1.82, 2.24) is 4.90 Å². The summed E-state index contributed by atoms with van der Waals surface area (Å²) in [5.74, 6) is 0. The van der Waals surface area contributed by atoms with E-state index in [1.165, 1.54) is 16.7 Å². The summed E-state index contributed by atoms with van der Waals surface area (Å²) >= 11 is 0. The highest BCUT2D eigenvalue weighted by Gasteiger charge is 2.20. The minimum absolute atomic E-state index is 0.253. The molecule has 0 fully saturated rings. The van der Waals surface area contributed by atoms with E-state index >= 15 is 0 Å². The fourth-order valence-electron chi connectivity index (χ4n) is 1.49. The van der Waals surface area contributed by atoms with Crippen molar-refractivity contribution in [2.45, 2.75) is 27.7 Å². The van der Waals surface area contributed by atoms with Gasteiger partial charge in [-0.05, 0) is 35.1 Å². The number of allylic oxidation sites excluding steroid dienone is 5. The molecule has 0 aliphatic heterocycles. The Labute approximate surface area is 87.8 Å². The SMILES string of the molecule is CC1=CC(C(C)(C)C)=C/C1=C/N(C)C. The molecule has 0 atom stereocenters. The zero-order valence-electron chi connectivity index (χ0n) is 10.2. The van der Waals surface area contributed by atoms with Crippen LogP contribution in [0, 0.1) is 5.41 Å². The molecule has 0 bridgehead atoms. The summed E-state index contributed by atoms with van der Waals surface area (Å²) in [7, 11) is 4.12. The van der Waals surface area contributed by atoms with Crippen molar-refractivity contribution < 1.29 is 0 Å². The fraction of sp³-hybridized carbons (Fsp3) is 0.538. The molecule has 0 aromatic rings. The quantitative estimate of drug-likeness (QED) is 0.614. The summed E-state index contributed by atoms with van der Waals surface area (Å²) in [5, 5.41) is 0. The normalized spacial score (nSPS) is 19.7. The van der Waals surface area contributed by atoms with E-state index in [0.29, 0.717) is 0 Å². The van der Waals surface area contributed by atoms with E-state index < -0.39 is 0 Å². The molecular formula is C13H21N. The van der Waals surface area contributed by atoms with Gasteiger partial charge in [-0.15, -0.1) is 0 Å². The topological polar surface area (TPSA) is 3.24 Å². The maximum Gasteiger partial charge on any atom is 0.00614 e. The second-order valence-electron chi connectivity index (χ2n) is 5.23. The number of rotatable bonds is 1. The number of hydrogen-bond acceptors (Lipinski definition) is 1. The third kappa shape index (κ3) is 2.50. The summed E-state index contributed by atoms with van der Waals surface area (Å²) in [6, 6.07) is 0. The smallest absolute Gasteiger partial charge is 0.00614 e. The first kappa shape index (κ1) is 11.1. The van der Waals surface area contributed by atoms with Crippen molar-refractivity contribution in [2.24, 2.45) is 5.41 Å². The molecule has 0 unspecified atom stereocenters. The van der Waals surface area contributed by atoms with Crippen molar-refractivity contribution in [3.8, 4) is 0 Å². The van der Waals surface area contributed by atoms with Gasteiger partial charge in [0.1, 0.15) is 0 Å². The van der Waals surface area contributed by atoms with Crippen LogP contribution in [0.15, 0.2) is 35.1 Å². The third-order valence-electron chi connectivity index (χ3n) is 2.40. The lowest BCUT2D eigenvalue weighted by Gasteiger charge is -2.18. The highest BCUT2D eigenvalue weighted by atomic mass is 15.0. The van der Waals surface area contributed by atoms with Crippen LogP contribution in [-0.4, -0.2) is 19.0 Å². The monoisotopic (exact) mass is 191 g/mol. The van der Waals surface area contributed by atoms with Gasteiger partial charge in [-0.1, -0.05) is 26.8 Å². The van der Waals surface area contributed by atoms with Gasteiger partial charge in [0.2, 0.25) is 0 Å². The van der Waals surface area contributed by atoms with E-state index in [2.05, 4.69) is 65.0 Å². The molecule has 0 amide bonds. The highest BCUT2D eigenvalue weighted by Crippen LogP contribution is 2.34. The Balaban J connectivity index is 2.99. The van der Waals surface area contributed by atoms with Crippen LogP contribution in [0.25, 0.3) is 0 Å². The number of nitrogens with zero attached hydrogens (tertiary/aromatic N) is 1. The van der Waals surface area contributed by atoms with Crippen LogP contribution in [0.4, 0.5) is 0 Å². The van der Waals surface area contributed by atoms with E-state index in [0.717, 1.165) is 0 Å². The molecule has 14 heavy (non-hydrogen) atoms. The van der Waals surface area contributed by atoms with Gasteiger partial charge in [-0.3, -0.25) is 0 Å². The molecule has 0 N–H and O–H groups in total. The Bertz CT molecular complexity index is 309. The Hall–Kier alpha value is -0.980. The van der Waals surface area contributed by atoms with Gasteiger partial charge in [-0.25, -0.2) is 0 Å². The van der Waals surface area contributed by atoms with Crippen molar-refractivity contribution in [1.29, 1.82) is 0 Å². The fourth-order valence-corrected chi connectivity index (χ4v) is 1.49. The van der Waals surface area contributed by atoms with E-state index in [4.69, 9.17) is 0 Å². The molecule has 0 heterocycles. The van der Waals surface area contributed by atoms with Crippen LogP contribution < -0.4 is 0 Å². The third-order valence-corrected chi connectivity index (χ3v) is 2.40. The molecule has 1 aliphatic carbocycles. The largest absolute Gasteiger partial charge is 0.383 e. The van der Waals surface area contributed by atoms with Gasteiger partial charge >= 0.3 is 0 Å². The average Bonchev–Trinajstić information content (AvgIpc) is 2.30. The second kappa shape index (κ2) is 3.64. The van der Waals surface area contributed by atoms with E-state index in [9.17, 15) is 0 Å². The molecule has 0 aromatic carbocycles. The minimum atomic E-state index is 0.253. The van der Waals surface area contributed by atoms with Gasteiger partial charge in [0.25, 0.3) is 0 Å². The Morgan fingerprint density at radius 1 is 1.14 bits per heavy atom. The van der Waals surface area contributed by atoms with Crippen molar-refractivity contribution >= 4 is 0 Å². The predicted octanol–water partition coefficient (Wildman–Crippen LogP) is 3.36. The van der Waals surface area contributed by atoms with Crippen LogP contribution in [0.1, 0.15) is 27.7 Å².